The first-order valence-corrected chi connectivity index (χ1v) is 19.9. The van der Waals surface area contributed by atoms with Gasteiger partial charge in [0.25, 0.3) is 0 Å². The van der Waals surface area contributed by atoms with Crippen LogP contribution in [0.3, 0.4) is 0 Å². The van der Waals surface area contributed by atoms with Gasteiger partial charge in [-0.1, -0.05) is 149 Å². The maximum absolute atomic E-state index is 7.07. The molecule has 0 bridgehead atoms. The van der Waals surface area contributed by atoms with Gasteiger partial charge in [0.1, 0.15) is 0 Å². The third-order valence-corrected chi connectivity index (χ3v) is 11.6. The fourth-order valence-corrected chi connectivity index (χ4v) is 10.0. The highest BCUT2D eigenvalue weighted by molar-refractivity contribution is 5.43. The summed E-state index contributed by atoms with van der Waals surface area (Å²) in [5.41, 5.74) is 2.57. The predicted molar refractivity (Wildman–Crippen MR) is 225 cm³/mol. The molecule has 4 aromatic rings. The van der Waals surface area contributed by atoms with Crippen molar-refractivity contribution in [3.63, 3.8) is 0 Å². The van der Waals surface area contributed by atoms with Crippen LogP contribution in [-0.4, -0.2) is 80.3 Å². The van der Waals surface area contributed by atoms with E-state index in [1.165, 1.54) is 11.1 Å². The second-order valence-electron chi connectivity index (χ2n) is 16.3. The van der Waals surface area contributed by atoms with Crippen molar-refractivity contribution in [3.05, 3.63) is 144 Å². The number of rotatable bonds is 24. The zero-order valence-electron chi connectivity index (χ0n) is 35.2. The first-order chi connectivity index (χ1) is 26.6. The SMILES string of the molecule is COCC(CC(C)C)(CC(C)C)C(OC)C(OC)C(Cc1ccccc1)(Cc1ccccc1)C(OC)C(OC)C(COC)(c1ccccc1)c1ccccc1. The Kier molecular flexibility index (Phi) is 17.1. The van der Waals surface area contributed by atoms with Crippen LogP contribution >= 0.6 is 0 Å². The van der Waals surface area contributed by atoms with Crippen molar-refractivity contribution in [3.8, 4) is 0 Å². The summed E-state index contributed by atoms with van der Waals surface area (Å²) in [6.07, 6.45) is 1.06. The molecule has 4 unspecified atom stereocenters. The molecule has 0 aliphatic rings. The molecule has 4 aromatic carbocycles. The van der Waals surface area contributed by atoms with E-state index in [9.17, 15) is 0 Å². The number of hydrogen-bond acceptors (Lipinski definition) is 6. The van der Waals surface area contributed by atoms with Crippen molar-refractivity contribution >= 4 is 0 Å². The fourth-order valence-electron chi connectivity index (χ4n) is 10.0. The third-order valence-electron chi connectivity index (χ3n) is 11.6. The highest BCUT2D eigenvalue weighted by Crippen LogP contribution is 2.52. The molecule has 0 spiro atoms. The van der Waals surface area contributed by atoms with Crippen LogP contribution in [0.25, 0.3) is 0 Å². The summed E-state index contributed by atoms with van der Waals surface area (Å²) in [6.45, 7) is 10.0. The Balaban J connectivity index is 2.19. The van der Waals surface area contributed by atoms with E-state index in [-0.39, 0.29) is 11.5 Å². The maximum atomic E-state index is 7.07. The van der Waals surface area contributed by atoms with E-state index in [1.807, 2.05) is 35.5 Å². The Morgan fingerprint density at radius 1 is 0.418 bits per heavy atom. The average molecular weight is 753 g/mol. The molecule has 0 radical (unpaired) electrons. The van der Waals surface area contributed by atoms with Gasteiger partial charge in [0.05, 0.1) is 43.0 Å². The lowest BCUT2D eigenvalue weighted by atomic mass is 9.57. The monoisotopic (exact) mass is 753 g/mol. The first kappa shape index (κ1) is 44.4. The van der Waals surface area contributed by atoms with Crippen molar-refractivity contribution in [1.82, 2.24) is 0 Å². The molecule has 6 nitrogen and oxygen atoms in total. The Morgan fingerprint density at radius 3 is 1.09 bits per heavy atom. The van der Waals surface area contributed by atoms with Crippen LogP contribution in [0.5, 0.6) is 0 Å². The molecule has 0 aliphatic carbocycles. The molecule has 4 atom stereocenters. The smallest absolute Gasteiger partial charge is 0.0998 e. The van der Waals surface area contributed by atoms with Gasteiger partial charge in [0.15, 0.2) is 0 Å². The normalized spacial score (nSPS) is 14.9. The van der Waals surface area contributed by atoms with Crippen LogP contribution in [0.1, 0.15) is 62.8 Å². The predicted octanol–water partition coefficient (Wildman–Crippen LogP) is 9.88. The summed E-state index contributed by atoms with van der Waals surface area (Å²) in [4.78, 5) is 0. The molecule has 0 N–H and O–H groups in total. The van der Waals surface area contributed by atoms with Gasteiger partial charge >= 0.3 is 0 Å². The highest BCUT2D eigenvalue weighted by atomic mass is 16.5. The molecular formula is C49H68O6. The van der Waals surface area contributed by atoms with Crippen LogP contribution < -0.4 is 0 Å². The quantitative estimate of drug-likeness (QED) is 0.0711. The first-order valence-electron chi connectivity index (χ1n) is 19.9. The van der Waals surface area contributed by atoms with E-state index in [0.29, 0.717) is 37.9 Å². The standard InChI is InChI=1S/C49H68O6/c1-37(2)31-47(35-50-5,32-38(3)4)43(52-7)44(53-8)48(33-39-23-15-11-16-24-39,34-40-25-17-12-18-26-40)45(54-9)46(55-10)49(36-51-6,41-27-19-13-20-28-41)42-29-21-14-22-30-42/h11-30,37-38,43-46H,31-36H2,1-10H3. The molecule has 300 valence electrons. The van der Waals surface area contributed by atoms with Crippen molar-refractivity contribution in [2.24, 2.45) is 22.7 Å². The minimum absolute atomic E-state index is 0.353. The van der Waals surface area contributed by atoms with E-state index >= 15 is 0 Å². The highest BCUT2D eigenvalue weighted by Gasteiger charge is 2.60. The molecule has 6 heteroatoms. The lowest BCUT2D eigenvalue weighted by Gasteiger charge is -2.56. The van der Waals surface area contributed by atoms with E-state index < -0.39 is 29.1 Å². The topological polar surface area (TPSA) is 55.4 Å². The van der Waals surface area contributed by atoms with Crippen molar-refractivity contribution in [1.29, 1.82) is 0 Å². The van der Waals surface area contributed by atoms with Crippen molar-refractivity contribution in [2.75, 3.05) is 55.9 Å². The summed E-state index contributed by atoms with van der Waals surface area (Å²) in [5, 5.41) is 0. The summed E-state index contributed by atoms with van der Waals surface area (Å²) in [5.74, 6) is 0.773. The molecule has 0 heterocycles. The molecule has 0 saturated carbocycles. The Morgan fingerprint density at radius 2 is 0.764 bits per heavy atom. The molecular weight excluding hydrogens is 685 g/mol. The fraction of sp³-hybridized carbons (Fsp3) is 0.510. The number of hydrogen-bond donors (Lipinski definition) is 0. The number of benzene rings is 4. The second kappa shape index (κ2) is 21.2. The minimum atomic E-state index is -0.786. The largest absolute Gasteiger partial charge is 0.384 e. The zero-order chi connectivity index (χ0) is 39.9. The van der Waals surface area contributed by atoms with Crippen molar-refractivity contribution < 1.29 is 28.4 Å². The van der Waals surface area contributed by atoms with Crippen LogP contribution in [0, 0.1) is 22.7 Å². The Hall–Kier alpha value is -3.36. The summed E-state index contributed by atoms with van der Waals surface area (Å²) in [6, 6.07) is 42.7. The lowest BCUT2D eigenvalue weighted by Crippen LogP contribution is -2.66. The van der Waals surface area contributed by atoms with E-state index in [4.69, 9.17) is 28.4 Å². The van der Waals surface area contributed by atoms with Gasteiger partial charge in [-0.25, -0.2) is 0 Å². The van der Waals surface area contributed by atoms with Crippen LogP contribution in [0.2, 0.25) is 0 Å². The van der Waals surface area contributed by atoms with Gasteiger partial charge in [0.2, 0.25) is 0 Å². The van der Waals surface area contributed by atoms with E-state index in [0.717, 1.165) is 24.0 Å². The van der Waals surface area contributed by atoms with Gasteiger partial charge in [-0.3, -0.25) is 0 Å². The van der Waals surface area contributed by atoms with Gasteiger partial charge in [0, 0.05) is 53.5 Å². The average Bonchev–Trinajstić information content (AvgIpc) is 3.19. The molecule has 0 saturated heterocycles. The van der Waals surface area contributed by atoms with Crippen molar-refractivity contribution in [2.45, 2.75) is 83.2 Å². The minimum Gasteiger partial charge on any atom is -0.384 e. The summed E-state index contributed by atoms with van der Waals surface area (Å²) >= 11 is 0. The van der Waals surface area contributed by atoms with Gasteiger partial charge in [-0.2, -0.15) is 0 Å². The molecule has 55 heavy (non-hydrogen) atoms. The number of ether oxygens (including phenoxy) is 6. The van der Waals surface area contributed by atoms with E-state index in [2.05, 4.69) is 149 Å². The molecule has 0 fully saturated rings. The zero-order valence-corrected chi connectivity index (χ0v) is 35.2. The molecule has 0 amide bonds. The summed E-state index contributed by atoms with van der Waals surface area (Å²) < 4.78 is 40.4. The molecule has 4 rings (SSSR count). The van der Waals surface area contributed by atoms with Gasteiger partial charge in [-0.05, 0) is 59.8 Å². The van der Waals surface area contributed by atoms with Gasteiger partial charge in [-0.15, -0.1) is 0 Å². The van der Waals surface area contributed by atoms with Crippen LogP contribution in [0.15, 0.2) is 121 Å². The van der Waals surface area contributed by atoms with Gasteiger partial charge < -0.3 is 28.4 Å². The Labute approximate surface area is 332 Å². The maximum Gasteiger partial charge on any atom is 0.0998 e. The lowest BCUT2D eigenvalue weighted by molar-refractivity contribution is -0.221. The van der Waals surface area contributed by atoms with Crippen LogP contribution in [0.4, 0.5) is 0 Å². The molecule has 0 aromatic heterocycles. The van der Waals surface area contributed by atoms with E-state index in [1.54, 1.807) is 7.11 Å². The second-order valence-corrected chi connectivity index (χ2v) is 16.3. The third kappa shape index (κ3) is 10.2. The summed E-state index contributed by atoms with van der Waals surface area (Å²) in [7, 11) is 10.9. The Bertz CT molecular complexity index is 1520. The van der Waals surface area contributed by atoms with Crippen LogP contribution in [-0.2, 0) is 46.7 Å². The number of methoxy groups -OCH3 is 6. The molecule has 0 aliphatic heterocycles.